The number of hydrogen-bond donors (Lipinski definition) is 0. The highest BCUT2D eigenvalue weighted by atomic mass is 35.5. The lowest BCUT2D eigenvalue weighted by atomic mass is 9.85. The van der Waals surface area contributed by atoms with Crippen LogP contribution in [0.1, 0.15) is 36.7 Å². The molecule has 1 aromatic rings. The number of hydrogen-bond acceptors (Lipinski definition) is 2. The van der Waals surface area contributed by atoms with Gasteiger partial charge < -0.3 is 9.64 Å². The molecule has 2 rings (SSSR count). The maximum atomic E-state index is 14.1. The summed E-state index contributed by atoms with van der Waals surface area (Å²) in [6.45, 7) is 7.86. The van der Waals surface area contributed by atoms with Crippen LogP contribution in [-0.2, 0) is 10.2 Å². The van der Waals surface area contributed by atoms with E-state index in [0.29, 0.717) is 37.4 Å². The van der Waals surface area contributed by atoms with Crippen LogP contribution >= 0.6 is 11.6 Å². The number of nitrogens with zero attached hydrogens (tertiary/aromatic N) is 1. The van der Waals surface area contributed by atoms with Crippen molar-refractivity contribution < 1.29 is 13.9 Å². The van der Waals surface area contributed by atoms with Gasteiger partial charge in [-0.25, -0.2) is 4.39 Å². The Balaban J connectivity index is 2.37. The topological polar surface area (TPSA) is 29.5 Å². The predicted molar refractivity (Wildman–Crippen MR) is 76.8 cm³/mol. The monoisotopic (exact) mass is 299 g/mol. The van der Waals surface area contributed by atoms with Gasteiger partial charge in [-0.05, 0) is 23.1 Å². The standard InChI is InChI=1S/C15H19ClFNO2/c1-15(2,3)11-8-10(9-12(16)13(11)17)14(19)18-4-6-20-7-5-18/h8-9H,4-7H2,1-3H3. The van der Waals surface area contributed by atoms with Crippen molar-refractivity contribution in [1.29, 1.82) is 0 Å². The van der Waals surface area contributed by atoms with Gasteiger partial charge in [0.2, 0.25) is 0 Å². The number of halogens is 2. The average Bonchev–Trinajstić information content (AvgIpc) is 2.40. The second-order valence-corrected chi connectivity index (χ2v) is 6.38. The molecule has 0 N–H and O–H groups in total. The zero-order chi connectivity index (χ0) is 14.9. The number of ether oxygens (including phenoxy) is 1. The molecule has 0 aliphatic carbocycles. The van der Waals surface area contributed by atoms with Gasteiger partial charge in [-0.15, -0.1) is 0 Å². The van der Waals surface area contributed by atoms with Gasteiger partial charge in [-0.3, -0.25) is 4.79 Å². The zero-order valence-corrected chi connectivity index (χ0v) is 12.8. The summed E-state index contributed by atoms with van der Waals surface area (Å²) >= 11 is 5.94. The molecule has 1 aliphatic rings. The Labute approximate surface area is 123 Å². The number of carbonyl (C=O) groups excluding carboxylic acids is 1. The van der Waals surface area contributed by atoms with Gasteiger partial charge in [0.15, 0.2) is 0 Å². The highest BCUT2D eigenvalue weighted by Crippen LogP contribution is 2.31. The lowest BCUT2D eigenvalue weighted by Gasteiger charge is -2.28. The van der Waals surface area contributed by atoms with Crippen molar-refractivity contribution in [3.63, 3.8) is 0 Å². The summed E-state index contributed by atoms with van der Waals surface area (Å²) in [5, 5.41) is -0.00552. The minimum Gasteiger partial charge on any atom is -0.378 e. The molecular weight excluding hydrogens is 281 g/mol. The van der Waals surface area contributed by atoms with Crippen molar-refractivity contribution in [1.82, 2.24) is 4.90 Å². The fourth-order valence-corrected chi connectivity index (χ4v) is 2.43. The summed E-state index contributed by atoms with van der Waals surface area (Å²) in [6, 6.07) is 3.02. The molecule has 0 spiro atoms. The van der Waals surface area contributed by atoms with Crippen molar-refractivity contribution in [3.8, 4) is 0 Å². The molecular formula is C15H19ClFNO2. The lowest BCUT2D eigenvalue weighted by Crippen LogP contribution is -2.40. The predicted octanol–water partition coefficient (Wildman–Crippen LogP) is 3.25. The molecule has 1 amide bonds. The third kappa shape index (κ3) is 3.13. The molecule has 1 saturated heterocycles. The number of rotatable bonds is 1. The maximum Gasteiger partial charge on any atom is 0.254 e. The summed E-state index contributed by atoms with van der Waals surface area (Å²) in [5.74, 6) is -0.571. The number of morpholine rings is 1. The first-order valence-corrected chi connectivity index (χ1v) is 7.05. The smallest absolute Gasteiger partial charge is 0.254 e. The van der Waals surface area contributed by atoms with E-state index in [2.05, 4.69) is 0 Å². The molecule has 0 bridgehead atoms. The van der Waals surface area contributed by atoms with Gasteiger partial charge in [0.1, 0.15) is 5.82 Å². The Morgan fingerprint density at radius 1 is 1.30 bits per heavy atom. The Kier molecular flexibility index (Phi) is 4.35. The Hall–Kier alpha value is -1.13. The van der Waals surface area contributed by atoms with Gasteiger partial charge in [-0.2, -0.15) is 0 Å². The van der Waals surface area contributed by atoms with Crippen LogP contribution in [0.5, 0.6) is 0 Å². The largest absolute Gasteiger partial charge is 0.378 e. The Morgan fingerprint density at radius 2 is 1.90 bits per heavy atom. The van der Waals surface area contributed by atoms with Crippen LogP contribution in [0.4, 0.5) is 4.39 Å². The number of carbonyl (C=O) groups is 1. The van der Waals surface area contributed by atoms with Crippen molar-refractivity contribution >= 4 is 17.5 Å². The Bertz CT molecular complexity index is 519. The summed E-state index contributed by atoms with van der Waals surface area (Å²) < 4.78 is 19.3. The quantitative estimate of drug-likeness (QED) is 0.796. The van der Waals surface area contributed by atoms with Crippen molar-refractivity contribution in [2.75, 3.05) is 26.3 Å². The summed E-state index contributed by atoms with van der Waals surface area (Å²) in [7, 11) is 0. The minimum absolute atomic E-state index is 0.00552. The summed E-state index contributed by atoms with van der Waals surface area (Å²) in [5.41, 5.74) is 0.486. The zero-order valence-electron chi connectivity index (χ0n) is 12.0. The molecule has 1 aliphatic heterocycles. The Morgan fingerprint density at radius 3 is 2.45 bits per heavy atom. The van der Waals surface area contributed by atoms with Gasteiger partial charge in [0.25, 0.3) is 5.91 Å². The average molecular weight is 300 g/mol. The van der Waals surface area contributed by atoms with E-state index in [9.17, 15) is 9.18 Å². The molecule has 0 aromatic heterocycles. The number of benzene rings is 1. The maximum absolute atomic E-state index is 14.1. The van der Waals surface area contributed by atoms with Crippen LogP contribution in [0.2, 0.25) is 5.02 Å². The molecule has 0 radical (unpaired) electrons. The van der Waals surface area contributed by atoms with Crippen molar-refractivity contribution in [2.45, 2.75) is 26.2 Å². The fraction of sp³-hybridized carbons (Fsp3) is 0.533. The van der Waals surface area contributed by atoms with Crippen LogP contribution in [0.25, 0.3) is 0 Å². The molecule has 5 heteroatoms. The second-order valence-electron chi connectivity index (χ2n) is 5.97. The molecule has 1 aromatic carbocycles. The van der Waals surface area contributed by atoms with Crippen LogP contribution in [0, 0.1) is 5.82 Å². The van der Waals surface area contributed by atoms with E-state index in [1.54, 1.807) is 11.0 Å². The molecule has 1 heterocycles. The summed E-state index contributed by atoms with van der Waals surface area (Å²) in [6.07, 6.45) is 0. The van der Waals surface area contributed by atoms with Gasteiger partial charge in [0.05, 0.1) is 18.2 Å². The normalized spacial score (nSPS) is 16.4. The molecule has 20 heavy (non-hydrogen) atoms. The van der Waals surface area contributed by atoms with E-state index in [-0.39, 0.29) is 10.9 Å². The third-order valence-electron chi connectivity index (χ3n) is 3.38. The number of amides is 1. The SMILES string of the molecule is CC(C)(C)c1cc(C(=O)N2CCOCC2)cc(Cl)c1F. The molecule has 110 valence electrons. The molecule has 0 unspecified atom stereocenters. The molecule has 1 fully saturated rings. The highest BCUT2D eigenvalue weighted by Gasteiger charge is 2.25. The van der Waals surface area contributed by atoms with Crippen LogP contribution in [0.15, 0.2) is 12.1 Å². The van der Waals surface area contributed by atoms with Crippen LogP contribution < -0.4 is 0 Å². The third-order valence-corrected chi connectivity index (χ3v) is 3.66. The first-order chi connectivity index (χ1) is 9.30. The van der Waals surface area contributed by atoms with E-state index in [0.717, 1.165) is 0 Å². The van der Waals surface area contributed by atoms with E-state index in [1.165, 1.54) is 6.07 Å². The van der Waals surface area contributed by atoms with Gasteiger partial charge in [-0.1, -0.05) is 32.4 Å². The minimum atomic E-state index is -0.447. The highest BCUT2D eigenvalue weighted by molar-refractivity contribution is 6.31. The van der Waals surface area contributed by atoms with E-state index in [4.69, 9.17) is 16.3 Å². The van der Waals surface area contributed by atoms with E-state index < -0.39 is 11.2 Å². The second kappa shape index (κ2) is 5.70. The lowest BCUT2D eigenvalue weighted by molar-refractivity contribution is 0.0302. The molecule has 0 saturated carbocycles. The van der Waals surface area contributed by atoms with Crippen molar-refractivity contribution in [2.24, 2.45) is 0 Å². The van der Waals surface area contributed by atoms with E-state index >= 15 is 0 Å². The first kappa shape index (κ1) is 15.3. The van der Waals surface area contributed by atoms with Gasteiger partial charge in [0, 0.05) is 18.7 Å². The van der Waals surface area contributed by atoms with Gasteiger partial charge >= 0.3 is 0 Å². The molecule has 0 atom stereocenters. The van der Waals surface area contributed by atoms with Crippen LogP contribution in [0.3, 0.4) is 0 Å². The fourth-order valence-electron chi connectivity index (χ4n) is 2.21. The first-order valence-electron chi connectivity index (χ1n) is 6.67. The van der Waals surface area contributed by atoms with E-state index in [1.807, 2.05) is 20.8 Å². The molecule has 3 nitrogen and oxygen atoms in total. The summed E-state index contributed by atoms with van der Waals surface area (Å²) in [4.78, 5) is 14.1. The van der Waals surface area contributed by atoms with Crippen LogP contribution in [-0.4, -0.2) is 37.1 Å². The van der Waals surface area contributed by atoms with Crippen molar-refractivity contribution in [3.05, 3.63) is 34.1 Å².